The van der Waals surface area contributed by atoms with Crippen molar-refractivity contribution in [3.8, 4) is 0 Å². The first kappa shape index (κ1) is 12.3. The Morgan fingerprint density at radius 2 is 1.68 bits per heavy atom. The van der Waals surface area contributed by atoms with Crippen molar-refractivity contribution in [1.82, 2.24) is 15.5 Å². The van der Waals surface area contributed by atoms with Crippen molar-refractivity contribution in [2.24, 2.45) is 11.3 Å². The number of fused-ring (bicyclic) bond motifs is 3. The van der Waals surface area contributed by atoms with Gasteiger partial charge in [0.15, 0.2) is 5.51 Å². The highest BCUT2D eigenvalue weighted by molar-refractivity contribution is 7.08. The molecule has 0 spiro atoms. The Labute approximate surface area is 119 Å². The highest BCUT2D eigenvalue weighted by Crippen LogP contribution is 2.61. The van der Waals surface area contributed by atoms with E-state index in [1.165, 1.54) is 56.4 Å². The lowest BCUT2D eigenvalue weighted by Crippen LogP contribution is -2.49. The summed E-state index contributed by atoms with van der Waals surface area (Å²) in [5.74, 6) is 0.948. The van der Waals surface area contributed by atoms with Crippen LogP contribution in [0.1, 0.15) is 56.4 Å². The molecule has 4 heteroatoms. The van der Waals surface area contributed by atoms with E-state index in [2.05, 4.69) is 21.0 Å². The van der Waals surface area contributed by atoms with Crippen LogP contribution in [-0.2, 0) is 5.41 Å². The van der Waals surface area contributed by atoms with Crippen LogP contribution in [0.5, 0.6) is 0 Å². The van der Waals surface area contributed by atoms with Crippen LogP contribution in [0, 0.1) is 16.8 Å². The topological polar surface area (TPSA) is 39.9 Å². The second kappa shape index (κ2) is 4.52. The number of nitrogens with zero attached hydrogens (tertiary/aromatic N) is 3. The van der Waals surface area contributed by atoms with E-state index in [4.69, 9.17) is 0 Å². The molecule has 0 unspecified atom stereocenters. The molecule has 5 rings (SSSR count). The van der Waals surface area contributed by atoms with Gasteiger partial charge in [-0.15, -0.1) is 10.2 Å². The third-order valence-corrected chi connectivity index (χ3v) is 7.10. The number of hydrogen-bond donors (Lipinski definition) is 0. The van der Waals surface area contributed by atoms with E-state index < -0.39 is 0 Å². The predicted octanol–water partition coefficient (Wildman–Crippen LogP) is 2.94. The molecule has 1 saturated heterocycles. The Hall–Kier alpha value is -0.480. The minimum Gasteiger partial charge on any atom is -0.242 e. The van der Waals surface area contributed by atoms with Crippen molar-refractivity contribution >= 4 is 11.3 Å². The molecule has 3 nitrogen and oxygen atoms in total. The molecule has 2 bridgehead atoms. The minimum absolute atomic E-state index is 0.373. The van der Waals surface area contributed by atoms with Crippen LogP contribution in [0.25, 0.3) is 0 Å². The molecule has 2 heterocycles. The first-order chi connectivity index (χ1) is 9.33. The molecule has 102 valence electrons. The van der Waals surface area contributed by atoms with Gasteiger partial charge in [0.1, 0.15) is 5.01 Å². The molecule has 2 radical (unpaired) electrons. The number of rotatable bonds is 2. The maximum absolute atomic E-state index is 4.53. The van der Waals surface area contributed by atoms with Crippen LogP contribution in [0.2, 0.25) is 0 Å². The summed E-state index contributed by atoms with van der Waals surface area (Å²) in [5, 5.41) is 14.1. The molecular formula is C15H21N3S. The standard InChI is InChI=1S/C15H21N3S/c1-9-16-10-2-12(1)14-3-6-15(7-4-14,8-5-14)13-18-17-11-19-13/h12H,1-10H2. The molecule has 0 atom stereocenters. The Morgan fingerprint density at radius 3 is 2.26 bits per heavy atom. The SMILES string of the molecule is [c]1nnc(C23CCC(C4CC[N]CC4)(CC2)CC3)s1. The van der Waals surface area contributed by atoms with Gasteiger partial charge in [-0.05, 0) is 62.7 Å². The third kappa shape index (κ3) is 1.87. The van der Waals surface area contributed by atoms with Gasteiger partial charge in [0, 0.05) is 18.5 Å². The van der Waals surface area contributed by atoms with Crippen LogP contribution >= 0.6 is 11.3 Å². The Kier molecular flexibility index (Phi) is 2.92. The fourth-order valence-corrected chi connectivity index (χ4v) is 5.65. The van der Waals surface area contributed by atoms with E-state index in [0.29, 0.717) is 10.8 Å². The van der Waals surface area contributed by atoms with Gasteiger partial charge in [0.2, 0.25) is 0 Å². The second-order valence-corrected chi connectivity index (χ2v) is 7.56. The zero-order chi connectivity index (χ0) is 12.8. The summed E-state index contributed by atoms with van der Waals surface area (Å²) in [5.41, 5.74) is 3.98. The summed E-state index contributed by atoms with van der Waals surface area (Å²) < 4.78 is 0. The summed E-state index contributed by atoms with van der Waals surface area (Å²) in [6, 6.07) is 0. The minimum atomic E-state index is 0.373. The van der Waals surface area contributed by atoms with Crippen molar-refractivity contribution in [3.63, 3.8) is 0 Å². The first-order valence-electron chi connectivity index (χ1n) is 7.66. The predicted molar refractivity (Wildman–Crippen MR) is 75.2 cm³/mol. The first-order valence-corrected chi connectivity index (χ1v) is 8.48. The lowest BCUT2D eigenvalue weighted by molar-refractivity contribution is -0.0218. The number of hydrogen-bond acceptors (Lipinski definition) is 3. The zero-order valence-corrected chi connectivity index (χ0v) is 12.2. The highest BCUT2D eigenvalue weighted by Gasteiger charge is 2.53. The molecule has 0 aromatic carbocycles. The van der Waals surface area contributed by atoms with Gasteiger partial charge in [0.25, 0.3) is 0 Å². The molecule has 4 fully saturated rings. The largest absolute Gasteiger partial charge is 0.242 e. The van der Waals surface area contributed by atoms with E-state index in [1.54, 1.807) is 11.3 Å². The zero-order valence-electron chi connectivity index (χ0n) is 11.4. The number of aromatic nitrogens is 2. The van der Waals surface area contributed by atoms with Gasteiger partial charge < -0.3 is 0 Å². The van der Waals surface area contributed by atoms with Crippen molar-refractivity contribution < 1.29 is 0 Å². The summed E-state index contributed by atoms with van der Waals surface area (Å²) in [6.45, 7) is 2.23. The van der Waals surface area contributed by atoms with E-state index >= 15 is 0 Å². The maximum Gasteiger partial charge on any atom is 0.178 e. The van der Waals surface area contributed by atoms with Crippen LogP contribution in [-0.4, -0.2) is 23.3 Å². The molecule has 1 aliphatic heterocycles. The van der Waals surface area contributed by atoms with Crippen LogP contribution < -0.4 is 5.32 Å². The van der Waals surface area contributed by atoms with Crippen molar-refractivity contribution in [3.05, 3.63) is 10.5 Å². The molecular weight excluding hydrogens is 254 g/mol. The Morgan fingerprint density at radius 1 is 1.00 bits per heavy atom. The normalized spacial score (nSPS) is 39.6. The average Bonchev–Trinajstić information content (AvgIpc) is 3.05. The molecule has 0 N–H and O–H groups in total. The molecule has 0 amide bonds. The smallest absolute Gasteiger partial charge is 0.178 e. The third-order valence-electron chi connectivity index (χ3n) is 6.22. The van der Waals surface area contributed by atoms with Gasteiger partial charge >= 0.3 is 0 Å². The summed E-state index contributed by atoms with van der Waals surface area (Å²) in [6.07, 6.45) is 10.9. The second-order valence-electron chi connectivity index (χ2n) is 6.79. The van der Waals surface area contributed by atoms with Crippen molar-refractivity contribution in [2.45, 2.75) is 56.8 Å². The average molecular weight is 275 g/mol. The molecule has 4 aliphatic rings. The van der Waals surface area contributed by atoms with Gasteiger partial charge in [-0.25, -0.2) is 5.32 Å². The molecule has 3 saturated carbocycles. The lowest BCUT2D eigenvalue weighted by atomic mass is 9.49. The summed E-state index contributed by atoms with van der Waals surface area (Å²) >= 11 is 1.65. The van der Waals surface area contributed by atoms with Crippen LogP contribution in [0.15, 0.2) is 0 Å². The van der Waals surface area contributed by atoms with Crippen LogP contribution in [0.4, 0.5) is 0 Å². The Balaban J connectivity index is 1.54. The monoisotopic (exact) mass is 275 g/mol. The molecule has 3 aliphatic carbocycles. The van der Waals surface area contributed by atoms with Gasteiger partial charge in [-0.1, -0.05) is 11.3 Å². The van der Waals surface area contributed by atoms with E-state index in [-0.39, 0.29) is 0 Å². The molecule has 1 aromatic heterocycles. The summed E-state index contributed by atoms with van der Waals surface area (Å²) in [7, 11) is 0. The molecule has 1 aromatic rings. The highest BCUT2D eigenvalue weighted by atomic mass is 32.1. The fraction of sp³-hybridized carbons (Fsp3) is 0.867. The van der Waals surface area contributed by atoms with E-state index in [9.17, 15) is 0 Å². The van der Waals surface area contributed by atoms with Crippen molar-refractivity contribution in [2.75, 3.05) is 13.1 Å². The van der Waals surface area contributed by atoms with Crippen LogP contribution in [0.3, 0.4) is 0 Å². The maximum atomic E-state index is 4.53. The van der Waals surface area contributed by atoms with Gasteiger partial charge in [0.05, 0.1) is 0 Å². The van der Waals surface area contributed by atoms with Gasteiger partial charge in [-0.2, -0.15) is 0 Å². The van der Waals surface area contributed by atoms with Crippen molar-refractivity contribution in [1.29, 1.82) is 0 Å². The molecule has 19 heavy (non-hydrogen) atoms. The van der Waals surface area contributed by atoms with E-state index in [1.807, 2.05) is 0 Å². The van der Waals surface area contributed by atoms with Gasteiger partial charge in [-0.3, -0.25) is 0 Å². The lowest BCUT2D eigenvalue weighted by Gasteiger charge is -2.56. The quantitative estimate of drug-likeness (QED) is 0.832. The number of piperidine rings is 1. The summed E-state index contributed by atoms with van der Waals surface area (Å²) in [4.78, 5) is 0. The fourth-order valence-electron chi connectivity index (χ4n) is 4.87. The van der Waals surface area contributed by atoms with E-state index in [0.717, 1.165) is 19.0 Å². The Bertz CT molecular complexity index is 412.